The Balaban J connectivity index is 2.29. The number of rotatable bonds is 2. The van der Waals surface area contributed by atoms with Crippen LogP contribution in [0.3, 0.4) is 0 Å². The van der Waals surface area contributed by atoms with E-state index < -0.39 is 12.0 Å². The quantitative estimate of drug-likeness (QED) is 0.552. The highest BCUT2D eigenvalue weighted by Crippen LogP contribution is 2.33. The average Bonchev–Trinajstić information content (AvgIpc) is 2.71. The van der Waals surface area contributed by atoms with Crippen LogP contribution in [0.2, 0.25) is 0 Å². The molecule has 1 aromatic rings. The number of carbonyl (C=O) groups is 1. The molecule has 0 amide bonds. The molecule has 0 bridgehead atoms. The first-order chi connectivity index (χ1) is 7.59. The number of carboxylic acids is 1. The summed E-state index contributed by atoms with van der Waals surface area (Å²) in [5.74, 6) is -1.46. The van der Waals surface area contributed by atoms with Crippen molar-refractivity contribution in [3.8, 4) is 11.5 Å². The van der Waals surface area contributed by atoms with Crippen LogP contribution in [0.1, 0.15) is 17.9 Å². The van der Waals surface area contributed by atoms with Gasteiger partial charge in [0.05, 0.1) is 0 Å². The van der Waals surface area contributed by atoms with Crippen molar-refractivity contribution in [1.82, 2.24) is 5.32 Å². The van der Waals surface area contributed by atoms with E-state index in [-0.39, 0.29) is 17.4 Å². The number of carboxylic acid groups (broad SMARTS) is 1. The standard InChI is InChI=1S/C11H13NO4/c13-8-2-1-6(5-9(8)14)7-3-4-12-10(7)11(15)16/h1-2,5,7,10,12-14H,3-4H2,(H,15,16)/t7-,10+/m1/s1. The fraction of sp³-hybridized carbons (Fsp3) is 0.364. The van der Waals surface area contributed by atoms with Crippen molar-refractivity contribution in [3.05, 3.63) is 23.8 Å². The van der Waals surface area contributed by atoms with Gasteiger partial charge in [0.2, 0.25) is 0 Å². The lowest BCUT2D eigenvalue weighted by atomic mass is 9.92. The van der Waals surface area contributed by atoms with Crippen molar-refractivity contribution in [2.45, 2.75) is 18.4 Å². The molecule has 2 rings (SSSR count). The van der Waals surface area contributed by atoms with Gasteiger partial charge in [0.25, 0.3) is 0 Å². The van der Waals surface area contributed by atoms with Gasteiger partial charge in [-0.2, -0.15) is 0 Å². The maximum absolute atomic E-state index is 11.0. The fourth-order valence-electron chi connectivity index (χ4n) is 2.09. The van der Waals surface area contributed by atoms with Crippen molar-refractivity contribution < 1.29 is 20.1 Å². The molecule has 0 unspecified atom stereocenters. The molecule has 0 saturated carbocycles. The molecule has 16 heavy (non-hydrogen) atoms. The molecule has 0 spiro atoms. The maximum atomic E-state index is 11.0. The Morgan fingerprint density at radius 1 is 1.31 bits per heavy atom. The van der Waals surface area contributed by atoms with E-state index in [9.17, 15) is 15.0 Å². The van der Waals surface area contributed by atoms with Gasteiger partial charge >= 0.3 is 5.97 Å². The summed E-state index contributed by atoms with van der Waals surface area (Å²) >= 11 is 0. The minimum absolute atomic E-state index is 0.163. The van der Waals surface area contributed by atoms with Crippen LogP contribution in [-0.2, 0) is 4.79 Å². The zero-order valence-electron chi connectivity index (χ0n) is 8.55. The summed E-state index contributed by atoms with van der Waals surface area (Å²) in [7, 11) is 0. The maximum Gasteiger partial charge on any atom is 0.321 e. The van der Waals surface area contributed by atoms with Crippen molar-refractivity contribution in [3.63, 3.8) is 0 Å². The van der Waals surface area contributed by atoms with Crippen LogP contribution < -0.4 is 5.32 Å². The van der Waals surface area contributed by atoms with Gasteiger partial charge < -0.3 is 20.6 Å². The Hall–Kier alpha value is -1.75. The summed E-state index contributed by atoms with van der Waals surface area (Å²) in [4.78, 5) is 11.0. The third-order valence-corrected chi connectivity index (χ3v) is 2.92. The Kier molecular flexibility index (Phi) is 2.70. The van der Waals surface area contributed by atoms with Gasteiger partial charge in [-0.1, -0.05) is 6.07 Å². The first kappa shape index (κ1) is 10.8. The molecule has 1 saturated heterocycles. The molecule has 1 aromatic carbocycles. The monoisotopic (exact) mass is 223 g/mol. The first-order valence-corrected chi connectivity index (χ1v) is 5.07. The number of aliphatic carboxylic acids is 1. The molecule has 5 nitrogen and oxygen atoms in total. The highest BCUT2D eigenvalue weighted by Gasteiger charge is 2.33. The van der Waals surface area contributed by atoms with E-state index in [1.165, 1.54) is 12.1 Å². The van der Waals surface area contributed by atoms with Crippen molar-refractivity contribution in [2.24, 2.45) is 0 Å². The zero-order chi connectivity index (χ0) is 11.7. The largest absolute Gasteiger partial charge is 0.504 e. The molecule has 1 heterocycles. The minimum atomic E-state index is -0.893. The van der Waals surface area contributed by atoms with Crippen LogP contribution in [0, 0.1) is 0 Å². The molecular formula is C11H13NO4. The van der Waals surface area contributed by atoms with Crippen molar-refractivity contribution in [2.75, 3.05) is 6.54 Å². The van der Waals surface area contributed by atoms with Crippen LogP contribution in [0.15, 0.2) is 18.2 Å². The van der Waals surface area contributed by atoms with Crippen molar-refractivity contribution in [1.29, 1.82) is 0 Å². The summed E-state index contributed by atoms with van der Waals surface area (Å²) in [6.45, 7) is 0.642. The molecule has 86 valence electrons. The summed E-state index contributed by atoms with van der Waals surface area (Å²) in [6, 6.07) is 3.82. The third kappa shape index (κ3) is 1.81. The predicted molar refractivity (Wildman–Crippen MR) is 56.6 cm³/mol. The zero-order valence-corrected chi connectivity index (χ0v) is 8.55. The topological polar surface area (TPSA) is 89.8 Å². The predicted octanol–water partition coefficient (Wildman–Crippen LogP) is 0.628. The fourth-order valence-corrected chi connectivity index (χ4v) is 2.09. The van der Waals surface area contributed by atoms with Crippen LogP contribution in [0.5, 0.6) is 11.5 Å². The van der Waals surface area contributed by atoms with Gasteiger partial charge in [-0.15, -0.1) is 0 Å². The molecule has 4 N–H and O–H groups in total. The number of benzene rings is 1. The lowest BCUT2D eigenvalue weighted by molar-refractivity contribution is -0.139. The minimum Gasteiger partial charge on any atom is -0.504 e. The Morgan fingerprint density at radius 3 is 2.69 bits per heavy atom. The van der Waals surface area contributed by atoms with E-state index in [4.69, 9.17) is 5.11 Å². The smallest absolute Gasteiger partial charge is 0.321 e. The molecular weight excluding hydrogens is 210 g/mol. The van der Waals surface area contributed by atoms with Crippen LogP contribution in [-0.4, -0.2) is 33.9 Å². The molecule has 1 aliphatic heterocycles. The first-order valence-electron chi connectivity index (χ1n) is 5.07. The number of nitrogens with one attached hydrogen (secondary N) is 1. The third-order valence-electron chi connectivity index (χ3n) is 2.92. The molecule has 0 radical (unpaired) electrons. The Labute approximate surface area is 92.3 Å². The van der Waals surface area contributed by atoms with Crippen LogP contribution >= 0.6 is 0 Å². The second-order valence-corrected chi connectivity index (χ2v) is 3.91. The second kappa shape index (κ2) is 4.02. The number of phenols is 2. The summed E-state index contributed by atoms with van der Waals surface area (Å²) in [5.41, 5.74) is 0.729. The summed E-state index contributed by atoms with van der Waals surface area (Å²) < 4.78 is 0. The molecule has 2 atom stereocenters. The van der Waals surface area contributed by atoms with E-state index >= 15 is 0 Å². The number of hydrogen-bond acceptors (Lipinski definition) is 4. The van der Waals surface area contributed by atoms with Gasteiger partial charge in [-0.05, 0) is 30.7 Å². The Bertz CT molecular complexity index is 418. The van der Waals surface area contributed by atoms with Gasteiger partial charge in [-0.3, -0.25) is 4.79 Å². The lowest BCUT2D eigenvalue weighted by Crippen LogP contribution is -2.34. The second-order valence-electron chi connectivity index (χ2n) is 3.91. The summed E-state index contributed by atoms with van der Waals surface area (Å²) in [5, 5.41) is 30.4. The van der Waals surface area contributed by atoms with Crippen molar-refractivity contribution >= 4 is 5.97 Å². The van der Waals surface area contributed by atoms with E-state index in [1.54, 1.807) is 6.07 Å². The SMILES string of the molecule is O=C(O)[C@H]1NCC[C@@H]1c1ccc(O)c(O)c1. The molecule has 0 aromatic heterocycles. The normalized spacial score (nSPS) is 24.5. The Morgan fingerprint density at radius 2 is 2.06 bits per heavy atom. The molecule has 5 heteroatoms. The van der Waals surface area contributed by atoms with Crippen LogP contribution in [0.25, 0.3) is 0 Å². The molecule has 0 aliphatic carbocycles. The van der Waals surface area contributed by atoms with Gasteiger partial charge in [0.1, 0.15) is 6.04 Å². The average molecular weight is 223 g/mol. The van der Waals surface area contributed by atoms with Crippen LogP contribution in [0.4, 0.5) is 0 Å². The highest BCUT2D eigenvalue weighted by atomic mass is 16.4. The highest BCUT2D eigenvalue weighted by molar-refractivity contribution is 5.75. The number of hydrogen-bond donors (Lipinski definition) is 4. The molecule has 1 fully saturated rings. The molecule has 1 aliphatic rings. The summed E-state index contributed by atoms with van der Waals surface area (Å²) in [6.07, 6.45) is 0.710. The van der Waals surface area contributed by atoms with E-state index in [2.05, 4.69) is 5.32 Å². The van der Waals surface area contributed by atoms with E-state index in [0.29, 0.717) is 13.0 Å². The number of aromatic hydroxyl groups is 2. The van der Waals surface area contributed by atoms with E-state index in [1.807, 2.05) is 0 Å². The van der Waals surface area contributed by atoms with Gasteiger partial charge in [-0.25, -0.2) is 0 Å². The van der Waals surface area contributed by atoms with Gasteiger partial charge in [0.15, 0.2) is 11.5 Å². The number of phenolic OH excluding ortho intramolecular Hbond substituents is 2. The van der Waals surface area contributed by atoms with Gasteiger partial charge in [0, 0.05) is 5.92 Å². The van der Waals surface area contributed by atoms with E-state index in [0.717, 1.165) is 5.56 Å². The lowest BCUT2D eigenvalue weighted by Gasteiger charge is -2.16.